The third-order valence-electron chi connectivity index (χ3n) is 3.47. The van der Waals surface area contributed by atoms with Crippen LogP contribution >= 0.6 is 11.3 Å². The number of imidazole rings is 1. The molecule has 0 spiro atoms. The second-order valence-corrected chi connectivity index (χ2v) is 5.91. The van der Waals surface area contributed by atoms with Gasteiger partial charge in [0, 0.05) is 23.5 Å². The monoisotopic (exact) mass is 337 g/mol. The Morgan fingerprint density at radius 2 is 2.08 bits per heavy atom. The number of fused-ring (bicyclic) bond motifs is 1. The first-order chi connectivity index (χ1) is 11.8. The van der Waals surface area contributed by atoms with E-state index in [4.69, 9.17) is 4.74 Å². The lowest BCUT2D eigenvalue weighted by Crippen LogP contribution is -1.93. The zero-order chi connectivity index (χ0) is 16.4. The van der Waals surface area contributed by atoms with Crippen LogP contribution in [-0.4, -0.2) is 26.0 Å². The smallest absolute Gasteiger partial charge is 0.234 e. The van der Waals surface area contributed by atoms with E-state index in [2.05, 4.69) is 20.3 Å². The molecule has 1 N–H and O–H groups in total. The Morgan fingerprint density at radius 1 is 1.21 bits per heavy atom. The lowest BCUT2D eigenvalue weighted by atomic mass is 10.3. The van der Waals surface area contributed by atoms with Crippen LogP contribution in [0.15, 0.2) is 54.3 Å². The highest BCUT2D eigenvalue weighted by Crippen LogP contribution is 2.28. The van der Waals surface area contributed by atoms with Gasteiger partial charge in [0.2, 0.25) is 5.78 Å². The minimum Gasteiger partial charge on any atom is -0.494 e. The number of nitrogens with zero attached hydrogens (tertiary/aromatic N) is 4. The normalized spacial score (nSPS) is 10.9. The molecule has 0 saturated heterocycles. The highest BCUT2D eigenvalue weighted by molar-refractivity contribution is 7.14. The number of rotatable bonds is 5. The molecule has 7 heteroatoms. The quantitative estimate of drug-likeness (QED) is 0.596. The number of nitrogens with one attached hydrogen (secondary N) is 1. The van der Waals surface area contributed by atoms with Gasteiger partial charge < -0.3 is 10.1 Å². The van der Waals surface area contributed by atoms with E-state index < -0.39 is 0 Å². The Bertz CT molecular complexity index is 960. The van der Waals surface area contributed by atoms with E-state index in [0.29, 0.717) is 12.4 Å². The molecule has 4 rings (SSSR count). The van der Waals surface area contributed by atoms with E-state index in [-0.39, 0.29) is 0 Å². The standard InChI is InChI=1S/C17H15N5OS/c1-2-23-13-6-4-12(5-7-13)20-17-21-14(11-24-17)15-10-19-16-18-8-3-9-22(15)16/h3-11H,2H2,1H3,(H,20,21). The first-order valence-corrected chi connectivity index (χ1v) is 8.45. The molecule has 0 atom stereocenters. The first-order valence-electron chi connectivity index (χ1n) is 7.57. The maximum Gasteiger partial charge on any atom is 0.234 e. The molecule has 6 nitrogen and oxygen atoms in total. The van der Waals surface area contributed by atoms with Gasteiger partial charge in [-0.1, -0.05) is 0 Å². The molecule has 3 heterocycles. The molecule has 1 aromatic carbocycles. The zero-order valence-electron chi connectivity index (χ0n) is 13.0. The summed E-state index contributed by atoms with van der Waals surface area (Å²) >= 11 is 1.55. The summed E-state index contributed by atoms with van der Waals surface area (Å²) in [6.45, 7) is 2.63. The van der Waals surface area contributed by atoms with Crippen LogP contribution in [0.1, 0.15) is 6.92 Å². The highest BCUT2D eigenvalue weighted by Gasteiger charge is 2.10. The van der Waals surface area contributed by atoms with Crippen LogP contribution in [-0.2, 0) is 0 Å². The summed E-state index contributed by atoms with van der Waals surface area (Å²) in [5.74, 6) is 1.53. The van der Waals surface area contributed by atoms with Crippen molar-refractivity contribution in [3.63, 3.8) is 0 Å². The van der Waals surface area contributed by atoms with Crippen molar-refractivity contribution in [1.82, 2.24) is 19.4 Å². The van der Waals surface area contributed by atoms with Crippen LogP contribution in [0.5, 0.6) is 5.75 Å². The van der Waals surface area contributed by atoms with Crippen LogP contribution in [0.25, 0.3) is 17.2 Å². The van der Waals surface area contributed by atoms with E-state index >= 15 is 0 Å². The van der Waals surface area contributed by atoms with Crippen molar-refractivity contribution < 1.29 is 4.74 Å². The lowest BCUT2D eigenvalue weighted by Gasteiger charge is -2.05. The molecule has 0 bridgehead atoms. The molecule has 3 aromatic heterocycles. The van der Waals surface area contributed by atoms with Crippen molar-refractivity contribution in [2.24, 2.45) is 0 Å². The summed E-state index contributed by atoms with van der Waals surface area (Å²) < 4.78 is 7.37. The van der Waals surface area contributed by atoms with Gasteiger partial charge in [-0.15, -0.1) is 11.3 Å². The third kappa shape index (κ3) is 2.81. The third-order valence-corrected chi connectivity index (χ3v) is 4.23. The van der Waals surface area contributed by atoms with Gasteiger partial charge in [-0.05, 0) is 37.3 Å². The fraction of sp³-hybridized carbons (Fsp3) is 0.118. The van der Waals surface area contributed by atoms with Crippen LogP contribution in [0.2, 0.25) is 0 Å². The average Bonchev–Trinajstić information content (AvgIpc) is 3.23. The van der Waals surface area contributed by atoms with Gasteiger partial charge in [0.15, 0.2) is 5.13 Å². The number of benzene rings is 1. The van der Waals surface area contributed by atoms with Crippen LogP contribution in [0.3, 0.4) is 0 Å². The second kappa shape index (κ2) is 6.29. The predicted octanol–water partition coefficient (Wildman–Crippen LogP) is 4.00. The fourth-order valence-corrected chi connectivity index (χ4v) is 3.12. The van der Waals surface area contributed by atoms with Gasteiger partial charge >= 0.3 is 0 Å². The number of hydrogen-bond acceptors (Lipinski definition) is 6. The van der Waals surface area contributed by atoms with Crippen molar-refractivity contribution in [2.45, 2.75) is 6.92 Å². The second-order valence-electron chi connectivity index (χ2n) is 5.05. The first kappa shape index (κ1) is 14.6. The molecule has 0 saturated carbocycles. The topological polar surface area (TPSA) is 64.3 Å². The van der Waals surface area contributed by atoms with Gasteiger partial charge in [-0.2, -0.15) is 0 Å². The van der Waals surface area contributed by atoms with Crippen LogP contribution < -0.4 is 10.1 Å². The molecular formula is C17H15N5OS. The average molecular weight is 337 g/mol. The van der Waals surface area contributed by atoms with Gasteiger partial charge in [-0.3, -0.25) is 4.40 Å². The molecule has 0 aliphatic rings. The molecule has 24 heavy (non-hydrogen) atoms. The van der Waals surface area contributed by atoms with Gasteiger partial charge in [0.1, 0.15) is 11.4 Å². The Kier molecular flexibility index (Phi) is 3.84. The largest absolute Gasteiger partial charge is 0.494 e. The van der Waals surface area contributed by atoms with Gasteiger partial charge in [0.05, 0.1) is 18.5 Å². The predicted molar refractivity (Wildman–Crippen MR) is 95.0 cm³/mol. The van der Waals surface area contributed by atoms with Crippen molar-refractivity contribution >= 4 is 27.9 Å². The Hall–Kier alpha value is -2.93. The number of hydrogen-bond donors (Lipinski definition) is 1. The Balaban J connectivity index is 1.56. The molecule has 0 unspecified atom stereocenters. The minimum absolute atomic E-state index is 0.663. The molecule has 120 valence electrons. The van der Waals surface area contributed by atoms with Crippen molar-refractivity contribution in [3.05, 3.63) is 54.3 Å². The summed E-state index contributed by atoms with van der Waals surface area (Å²) in [7, 11) is 0. The maximum absolute atomic E-state index is 5.45. The van der Waals surface area contributed by atoms with E-state index in [1.807, 2.05) is 53.2 Å². The number of ether oxygens (including phenoxy) is 1. The SMILES string of the molecule is CCOc1ccc(Nc2nc(-c3cnc4ncccn34)cs2)cc1. The zero-order valence-corrected chi connectivity index (χ0v) is 13.8. The molecule has 0 fully saturated rings. The van der Waals surface area contributed by atoms with Crippen molar-refractivity contribution in [1.29, 1.82) is 0 Å². The molecular weight excluding hydrogens is 322 g/mol. The lowest BCUT2D eigenvalue weighted by molar-refractivity contribution is 0.340. The number of anilines is 2. The van der Waals surface area contributed by atoms with E-state index in [1.54, 1.807) is 23.7 Å². The van der Waals surface area contributed by atoms with Crippen LogP contribution in [0.4, 0.5) is 10.8 Å². The van der Waals surface area contributed by atoms with E-state index in [1.165, 1.54) is 0 Å². The van der Waals surface area contributed by atoms with Crippen molar-refractivity contribution in [3.8, 4) is 17.1 Å². The maximum atomic E-state index is 5.45. The molecule has 0 aliphatic carbocycles. The van der Waals surface area contributed by atoms with Gasteiger partial charge in [-0.25, -0.2) is 15.0 Å². The minimum atomic E-state index is 0.663. The van der Waals surface area contributed by atoms with E-state index in [9.17, 15) is 0 Å². The summed E-state index contributed by atoms with van der Waals surface area (Å²) in [5.41, 5.74) is 2.77. The Labute approximate surface area is 142 Å². The molecule has 0 amide bonds. The summed E-state index contributed by atoms with van der Waals surface area (Å²) in [6.07, 6.45) is 5.45. The van der Waals surface area contributed by atoms with Crippen LogP contribution in [0, 0.1) is 0 Å². The highest BCUT2D eigenvalue weighted by atomic mass is 32.1. The summed E-state index contributed by atoms with van der Waals surface area (Å²) in [4.78, 5) is 13.2. The number of thiazole rings is 1. The van der Waals surface area contributed by atoms with Gasteiger partial charge in [0.25, 0.3) is 0 Å². The molecule has 0 aliphatic heterocycles. The number of aromatic nitrogens is 4. The molecule has 0 radical (unpaired) electrons. The Morgan fingerprint density at radius 3 is 2.92 bits per heavy atom. The van der Waals surface area contributed by atoms with E-state index in [0.717, 1.165) is 28.0 Å². The van der Waals surface area contributed by atoms with Crippen molar-refractivity contribution in [2.75, 3.05) is 11.9 Å². The molecule has 4 aromatic rings. The fourth-order valence-electron chi connectivity index (χ4n) is 2.39. The summed E-state index contributed by atoms with van der Waals surface area (Å²) in [6, 6.07) is 9.71. The summed E-state index contributed by atoms with van der Waals surface area (Å²) in [5, 5.41) is 6.14.